The zero-order valence-electron chi connectivity index (χ0n) is 10.7. The quantitative estimate of drug-likeness (QED) is 0.825. The Bertz CT molecular complexity index is 597. The van der Waals surface area contributed by atoms with Crippen molar-refractivity contribution in [3.63, 3.8) is 0 Å². The minimum atomic E-state index is -0.522. The van der Waals surface area contributed by atoms with Crippen LogP contribution in [0.4, 0.5) is 0 Å². The Labute approximate surface area is 126 Å². The number of benzene rings is 2. The monoisotopic (exact) mass is 340 g/mol. The fourth-order valence-electron chi connectivity index (χ4n) is 1.73. The fourth-order valence-corrected chi connectivity index (χ4v) is 2.57. The van der Waals surface area contributed by atoms with Crippen LogP contribution in [-0.4, -0.2) is 5.11 Å². The van der Waals surface area contributed by atoms with Crippen LogP contribution in [0.25, 0.3) is 0 Å². The molecule has 0 aliphatic carbocycles. The molecular weight excluding hydrogens is 328 g/mol. The van der Waals surface area contributed by atoms with E-state index >= 15 is 0 Å². The first kappa shape index (κ1) is 14.4. The van der Waals surface area contributed by atoms with Crippen molar-refractivity contribution in [3.8, 4) is 11.5 Å². The van der Waals surface area contributed by atoms with Crippen molar-refractivity contribution in [2.24, 2.45) is 0 Å². The third kappa shape index (κ3) is 3.50. The van der Waals surface area contributed by atoms with Crippen molar-refractivity contribution in [2.45, 2.75) is 20.0 Å². The Morgan fingerprint density at radius 1 is 1.21 bits per heavy atom. The topological polar surface area (TPSA) is 29.5 Å². The third-order valence-corrected chi connectivity index (χ3v) is 3.74. The van der Waals surface area contributed by atoms with E-state index in [2.05, 4.69) is 15.9 Å². The van der Waals surface area contributed by atoms with E-state index in [9.17, 15) is 5.11 Å². The Balaban J connectivity index is 2.29. The maximum absolute atomic E-state index is 9.57. The number of aryl methyl sites for hydroxylation is 1. The Morgan fingerprint density at radius 2 is 1.95 bits per heavy atom. The van der Waals surface area contributed by atoms with E-state index in [-0.39, 0.29) is 0 Å². The molecule has 2 aromatic rings. The Morgan fingerprint density at radius 3 is 2.58 bits per heavy atom. The standard InChI is InChI=1S/C15H14BrClO2/c1-9-3-6-14(17)15(7-9)19-11-4-5-12(10(2)18)13(16)8-11/h3-8,10,18H,1-2H3. The second kappa shape index (κ2) is 5.95. The summed E-state index contributed by atoms with van der Waals surface area (Å²) in [5.74, 6) is 1.29. The van der Waals surface area contributed by atoms with Gasteiger partial charge in [-0.05, 0) is 49.2 Å². The van der Waals surface area contributed by atoms with Gasteiger partial charge >= 0.3 is 0 Å². The summed E-state index contributed by atoms with van der Waals surface area (Å²) in [7, 11) is 0. The summed E-state index contributed by atoms with van der Waals surface area (Å²) >= 11 is 9.51. The molecule has 0 aliphatic heterocycles. The van der Waals surface area contributed by atoms with E-state index in [0.29, 0.717) is 16.5 Å². The van der Waals surface area contributed by atoms with Crippen molar-refractivity contribution < 1.29 is 9.84 Å². The third-order valence-electron chi connectivity index (χ3n) is 2.74. The summed E-state index contributed by atoms with van der Waals surface area (Å²) in [5.41, 5.74) is 1.90. The zero-order chi connectivity index (χ0) is 14.0. The largest absolute Gasteiger partial charge is 0.456 e. The second-order valence-corrected chi connectivity index (χ2v) is 5.66. The molecule has 0 heterocycles. The molecule has 2 nitrogen and oxygen atoms in total. The van der Waals surface area contributed by atoms with Gasteiger partial charge in [-0.15, -0.1) is 0 Å². The summed E-state index contributed by atoms with van der Waals surface area (Å²) in [6, 6.07) is 11.1. The number of ether oxygens (including phenoxy) is 1. The molecule has 1 atom stereocenters. The number of halogens is 2. The van der Waals surface area contributed by atoms with Crippen LogP contribution < -0.4 is 4.74 Å². The van der Waals surface area contributed by atoms with Gasteiger partial charge in [-0.2, -0.15) is 0 Å². The number of hydrogen-bond acceptors (Lipinski definition) is 2. The molecule has 0 saturated heterocycles. The van der Waals surface area contributed by atoms with Gasteiger partial charge in [0.2, 0.25) is 0 Å². The molecule has 0 spiro atoms. The van der Waals surface area contributed by atoms with Crippen LogP contribution in [0.15, 0.2) is 40.9 Å². The summed E-state index contributed by atoms with van der Waals surface area (Å²) in [4.78, 5) is 0. The number of rotatable bonds is 3. The lowest BCUT2D eigenvalue weighted by molar-refractivity contribution is 0.198. The average Bonchev–Trinajstić information content (AvgIpc) is 2.33. The van der Waals surface area contributed by atoms with Gasteiger partial charge in [0.15, 0.2) is 0 Å². The van der Waals surface area contributed by atoms with Crippen molar-refractivity contribution in [2.75, 3.05) is 0 Å². The molecule has 0 radical (unpaired) electrons. The highest BCUT2D eigenvalue weighted by Gasteiger charge is 2.09. The maximum Gasteiger partial charge on any atom is 0.146 e. The van der Waals surface area contributed by atoms with Crippen LogP contribution in [0.1, 0.15) is 24.2 Å². The van der Waals surface area contributed by atoms with Crippen LogP contribution in [-0.2, 0) is 0 Å². The SMILES string of the molecule is Cc1ccc(Cl)c(Oc2ccc(C(C)O)c(Br)c2)c1. The van der Waals surface area contributed by atoms with Gasteiger partial charge in [-0.3, -0.25) is 0 Å². The van der Waals surface area contributed by atoms with E-state index in [1.807, 2.05) is 43.3 Å². The maximum atomic E-state index is 9.57. The summed E-state index contributed by atoms with van der Waals surface area (Å²) < 4.78 is 6.57. The fraction of sp³-hybridized carbons (Fsp3) is 0.200. The number of hydrogen-bond donors (Lipinski definition) is 1. The van der Waals surface area contributed by atoms with Crippen molar-refractivity contribution in [3.05, 3.63) is 57.0 Å². The highest BCUT2D eigenvalue weighted by Crippen LogP contribution is 2.33. The van der Waals surface area contributed by atoms with Gasteiger partial charge in [0.1, 0.15) is 11.5 Å². The molecule has 0 saturated carbocycles. The van der Waals surface area contributed by atoms with Gasteiger partial charge in [0, 0.05) is 4.47 Å². The van der Waals surface area contributed by atoms with Crippen LogP contribution in [0.5, 0.6) is 11.5 Å². The first-order chi connectivity index (χ1) is 8.97. The molecule has 100 valence electrons. The molecule has 2 rings (SSSR count). The predicted octanol–water partition coefficient (Wildman–Crippen LogP) is 5.26. The molecule has 0 bridgehead atoms. The predicted molar refractivity (Wildman–Crippen MR) is 81.0 cm³/mol. The normalized spacial score (nSPS) is 12.3. The highest BCUT2D eigenvalue weighted by molar-refractivity contribution is 9.10. The molecule has 4 heteroatoms. The summed E-state index contributed by atoms with van der Waals surface area (Å²) in [6.45, 7) is 3.70. The molecule has 19 heavy (non-hydrogen) atoms. The van der Waals surface area contributed by atoms with E-state index in [0.717, 1.165) is 15.6 Å². The van der Waals surface area contributed by atoms with Crippen LogP contribution in [0.3, 0.4) is 0 Å². The second-order valence-electron chi connectivity index (χ2n) is 4.40. The Hall–Kier alpha value is -1.03. The molecule has 0 amide bonds. The minimum Gasteiger partial charge on any atom is -0.456 e. The van der Waals surface area contributed by atoms with E-state index in [4.69, 9.17) is 16.3 Å². The van der Waals surface area contributed by atoms with Gasteiger partial charge < -0.3 is 9.84 Å². The first-order valence-corrected chi connectivity index (χ1v) is 7.06. The van der Waals surface area contributed by atoms with Gasteiger partial charge in [-0.1, -0.05) is 39.7 Å². The average molecular weight is 342 g/mol. The molecule has 1 N–H and O–H groups in total. The van der Waals surface area contributed by atoms with Crippen molar-refractivity contribution in [1.29, 1.82) is 0 Å². The molecule has 1 unspecified atom stereocenters. The lowest BCUT2D eigenvalue weighted by atomic mass is 10.1. The molecule has 0 fully saturated rings. The highest BCUT2D eigenvalue weighted by atomic mass is 79.9. The van der Waals surface area contributed by atoms with Gasteiger partial charge in [0.05, 0.1) is 11.1 Å². The van der Waals surface area contributed by atoms with E-state index < -0.39 is 6.10 Å². The summed E-state index contributed by atoms with van der Waals surface area (Å²) in [5, 5.41) is 10.1. The minimum absolute atomic E-state index is 0.522. The van der Waals surface area contributed by atoms with Crippen molar-refractivity contribution >= 4 is 27.5 Å². The molecule has 0 aromatic heterocycles. The number of aliphatic hydroxyl groups excluding tert-OH is 1. The van der Waals surface area contributed by atoms with Crippen LogP contribution in [0.2, 0.25) is 5.02 Å². The summed E-state index contributed by atoms with van der Waals surface area (Å²) in [6.07, 6.45) is -0.522. The smallest absolute Gasteiger partial charge is 0.146 e. The first-order valence-electron chi connectivity index (χ1n) is 5.89. The Kier molecular flexibility index (Phi) is 4.50. The molecule has 2 aromatic carbocycles. The number of aliphatic hydroxyl groups is 1. The van der Waals surface area contributed by atoms with Gasteiger partial charge in [-0.25, -0.2) is 0 Å². The zero-order valence-corrected chi connectivity index (χ0v) is 13.0. The van der Waals surface area contributed by atoms with Crippen LogP contribution in [0, 0.1) is 6.92 Å². The van der Waals surface area contributed by atoms with Gasteiger partial charge in [0.25, 0.3) is 0 Å². The lowest BCUT2D eigenvalue weighted by Gasteiger charge is -2.12. The van der Waals surface area contributed by atoms with Crippen molar-refractivity contribution in [1.82, 2.24) is 0 Å². The van der Waals surface area contributed by atoms with E-state index in [1.165, 1.54) is 0 Å². The lowest BCUT2D eigenvalue weighted by Crippen LogP contribution is -1.93. The molecular formula is C15H14BrClO2. The van der Waals surface area contributed by atoms with E-state index in [1.54, 1.807) is 6.92 Å². The molecule has 0 aliphatic rings. The van der Waals surface area contributed by atoms with Crippen LogP contribution >= 0.6 is 27.5 Å².